The predicted octanol–water partition coefficient (Wildman–Crippen LogP) is 6.26. The Balaban J connectivity index is 1.82. The second-order valence-electron chi connectivity index (χ2n) is 7.45. The highest BCUT2D eigenvalue weighted by Crippen LogP contribution is 2.39. The summed E-state index contributed by atoms with van der Waals surface area (Å²) in [7, 11) is -4.77. The van der Waals surface area contributed by atoms with Crippen molar-refractivity contribution in [2.75, 3.05) is 4.72 Å². The van der Waals surface area contributed by atoms with Crippen LogP contribution >= 0.6 is 22.9 Å². The third kappa shape index (κ3) is 4.77. The van der Waals surface area contributed by atoms with Crippen molar-refractivity contribution in [2.45, 2.75) is 24.7 Å². The van der Waals surface area contributed by atoms with Gasteiger partial charge in [0.15, 0.2) is 4.90 Å². The largest absolute Gasteiger partial charge is 0.276 e. The summed E-state index contributed by atoms with van der Waals surface area (Å²) in [5.74, 6) is -3.46. The first-order valence-corrected chi connectivity index (χ1v) is 12.5. The van der Waals surface area contributed by atoms with Crippen LogP contribution in [0.2, 0.25) is 5.28 Å². The summed E-state index contributed by atoms with van der Waals surface area (Å²) in [4.78, 5) is 12.1. The molecule has 2 aromatic heterocycles. The van der Waals surface area contributed by atoms with Gasteiger partial charge in [0.1, 0.15) is 17.5 Å². The zero-order valence-corrected chi connectivity index (χ0v) is 20.1. The van der Waals surface area contributed by atoms with E-state index in [-0.39, 0.29) is 11.2 Å². The van der Waals surface area contributed by atoms with Gasteiger partial charge < -0.3 is 0 Å². The van der Waals surface area contributed by atoms with Crippen LogP contribution in [0.1, 0.15) is 24.8 Å². The number of hydrogen-bond donors (Lipinski definition) is 1. The van der Waals surface area contributed by atoms with Crippen molar-refractivity contribution in [3.8, 4) is 21.8 Å². The minimum atomic E-state index is -4.77. The highest BCUT2D eigenvalue weighted by atomic mass is 35.5. The van der Waals surface area contributed by atoms with Gasteiger partial charge in [0.05, 0.1) is 27.0 Å². The fourth-order valence-electron chi connectivity index (χ4n) is 3.10. The van der Waals surface area contributed by atoms with E-state index >= 15 is 0 Å². The fraction of sp³-hybridized carbons (Fsp3) is 0.136. The van der Waals surface area contributed by atoms with E-state index < -0.39 is 38.1 Å². The standard InChI is InChI=1S/C22H16ClF3N4O2S2/c1-11(2)21-29-18(19(33-21)16-8-9-27-22(23)28-16)12-6-7-13(24)17(10-12)30-34(31,32)20-14(25)4-3-5-15(20)26/h3-11,30H,1-2H3. The number of hydrogen-bond acceptors (Lipinski definition) is 6. The van der Waals surface area contributed by atoms with E-state index in [0.29, 0.717) is 21.8 Å². The molecule has 2 aromatic carbocycles. The lowest BCUT2D eigenvalue weighted by atomic mass is 10.1. The fourth-order valence-corrected chi connectivity index (χ4v) is 5.51. The van der Waals surface area contributed by atoms with E-state index in [1.54, 1.807) is 6.07 Å². The van der Waals surface area contributed by atoms with Crippen LogP contribution in [0.4, 0.5) is 18.9 Å². The van der Waals surface area contributed by atoms with Gasteiger partial charge in [0.2, 0.25) is 5.28 Å². The molecule has 4 aromatic rings. The number of thiazole rings is 1. The third-order valence-electron chi connectivity index (χ3n) is 4.67. The van der Waals surface area contributed by atoms with E-state index in [1.165, 1.54) is 29.7 Å². The van der Waals surface area contributed by atoms with Crippen molar-refractivity contribution in [2.24, 2.45) is 0 Å². The number of anilines is 1. The van der Waals surface area contributed by atoms with Crippen LogP contribution in [0.15, 0.2) is 53.6 Å². The average molecular weight is 525 g/mol. The predicted molar refractivity (Wildman–Crippen MR) is 125 cm³/mol. The van der Waals surface area contributed by atoms with Gasteiger partial charge in [-0.25, -0.2) is 36.5 Å². The molecule has 0 aliphatic heterocycles. The molecule has 4 rings (SSSR count). The molecule has 0 radical (unpaired) electrons. The molecule has 34 heavy (non-hydrogen) atoms. The lowest BCUT2D eigenvalue weighted by Gasteiger charge is -2.12. The molecule has 0 bridgehead atoms. The summed E-state index contributed by atoms with van der Waals surface area (Å²) >= 11 is 7.30. The Hall–Kier alpha value is -3.02. The highest BCUT2D eigenvalue weighted by Gasteiger charge is 2.26. The molecule has 0 fully saturated rings. The summed E-state index contributed by atoms with van der Waals surface area (Å²) in [6.45, 7) is 3.90. The van der Waals surface area contributed by atoms with E-state index in [9.17, 15) is 21.6 Å². The van der Waals surface area contributed by atoms with Crippen LogP contribution in [-0.2, 0) is 10.0 Å². The molecular weight excluding hydrogens is 509 g/mol. The van der Waals surface area contributed by atoms with Crippen LogP contribution in [0, 0.1) is 17.5 Å². The van der Waals surface area contributed by atoms with Crippen molar-refractivity contribution in [1.29, 1.82) is 0 Å². The average Bonchev–Trinajstić information content (AvgIpc) is 3.21. The molecule has 12 heteroatoms. The first-order valence-electron chi connectivity index (χ1n) is 9.83. The van der Waals surface area contributed by atoms with Gasteiger partial charge in [0, 0.05) is 17.7 Å². The Morgan fingerprint density at radius 2 is 1.71 bits per heavy atom. The molecule has 0 spiro atoms. The van der Waals surface area contributed by atoms with E-state index in [4.69, 9.17) is 11.6 Å². The number of halogens is 4. The van der Waals surface area contributed by atoms with Crippen LogP contribution in [0.25, 0.3) is 21.8 Å². The van der Waals surface area contributed by atoms with Crippen molar-refractivity contribution in [3.05, 3.63) is 76.4 Å². The minimum absolute atomic E-state index is 0.0300. The van der Waals surface area contributed by atoms with Crippen LogP contribution < -0.4 is 4.72 Å². The summed E-state index contributed by atoms with van der Waals surface area (Å²) in [5.41, 5.74) is 0.771. The lowest BCUT2D eigenvalue weighted by molar-refractivity contribution is 0.521. The summed E-state index contributed by atoms with van der Waals surface area (Å²) in [6, 6.07) is 7.93. The first kappa shape index (κ1) is 24.1. The van der Waals surface area contributed by atoms with Crippen LogP contribution in [0.3, 0.4) is 0 Å². The van der Waals surface area contributed by atoms with Gasteiger partial charge in [-0.2, -0.15) is 0 Å². The number of nitrogens with zero attached hydrogens (tertiary/aromatic N) is 3. The molecule has 176 valence electrons. The summed E-state index contributed by atoms with van der Waals surface area (Å²) < 4.78 is 70.0. The van der Waals surface area contributed by atoms with Crippen LogP contribution in [-0.4, -0.2) is 23.4 Å². The molecule has 0 unspecified atom stereocenters. The lowest BCUT2D eigenvalue weighted by Crippen LogP contribution is -2.17. The number of rotatable bonds is 6. The molecule has 0 aliphatic rings. The zero-order chi connectivity index (χ0) is 24.6. The van der Waals surface area contributed by atoms with Gasteiger partial charge in [0.25, 0.3) is 10.0 Å². The van der Waals surface area contributed by atoms with Crippen molar-refractivity contribution >= 4 is 38.6 Å². The summed E-state index contributed by atoms with van der Waals surface area (Å²) in [5, 5.41) is 0.794. The molecular formula is C22H16ClF3N4O2S2. The van der Waals surface area contributed by atoms with E-state index in [0.717, 1.165) is 29.3 Å². The number of benzene rings is 2. The van der Waals surface area contributed by atoms with Gasteiger partial charge >= 0.3 is 0 Å². The van der Waals surface area contributed by atoms with Gasteiger partial charge in [-0.3, -0.25) is 4.72 Å². The molecule has 0 amide bonds. The minimum Gasteiger partial charge on any atom is -0.276 e. The highest BCUT2D eigenvalue weighted by molar-refractivity contribution is 7.92. The van der Waals surface area contributed by atoms with Crippen molar-refractivity contribution < 1.29 is 21.6 Å². The van der Waals surface area contributed by atoms with Crippen molar-refractivity contribution in [3.63, 3.8) is 0 Å². The number of sulfonamides is 1. The van der Waals surface area contributed by atoms with E-state index in [2.05, 4.69) is 15.0 Å². The topological polar surface area (TPSA) is 84.8 Å². The Bertz CT molecular complexity index is 1470. The van der Waals surface area contributed by atoms with Gasteiger partial charge in [-0.05, 0) is 48.0 Å². The first-order chi connectivity index (χ1) is 16.1. The quantitative estimate of drug-likeness (QED) is 0.301. The normalized spacial score (nSPS) is 11.7. The maximum Gasteiger partial charge on any atom is 0.267 e. The molecule has 2 heterocycles. The molecule has 0 saturated heterocycles. The van der Waals surface area contributed by atoms with Crippen LogP contribution in [0.5, 0.6) is 0 Å². The van der Waals surface area contributed by atoms with Gasteiger partial charge in [-0.15, -0.1) is 11.3 Å². The summed E-state index contributed by atoms with van der Waals surface area (Å²) in [6.07, 6.45) is 1.48. The second-order valence-corrected chi connectivity index (χ2v) is 10.4. The monoisotopic (exact) mass is 524 g/mol. The molecule has 1 N–H and O–H groups in total. The smallest absolute Gasteiger partial charge is 0.267 e. The zero-order valence-electron chi connectivity index (χ0n) is 17.7. The Morgan fingerprint density at radius 3 is 2.35 bits per heavy atom. The van der Waals surface area contributed by atoms with E-state index in [1.807, 2.05) is 18.6 Å². The Morgan fingerprint density at radius 1 is 1.00 bits per heavy atom. The second kappa shape index (κ2) is 9.32. The maximum atomic E-state index is 14.6. The van der Waals surface area contributed by atoms with Gasteiger partial charge in [-0.1, -0.05) is 19.9 Å². The maximum absolute atomic E-state index is 14.6. The molecule has 0 aliphatic carbocycles. The number of aromatic nitrogens is 3. The SMILES string of the molecule is CC(C)c1nc(-c2ccc(F)c(NS(=O)(=O)c3c(F)cccc3F)c2)c(-c2ccnc(Cl)n2)s1. The third-order valence-corrected chi connectivity index (χ3v) is 7.64. The molecule has 6 nitrogen and oxygen atoms in total. The molecule has 0 atom stereocenters. The Kier molecular flexibility index (Phi) is 6.61. The Labute approximate surface area is 202 Å². The number of nitrogens with one attached hydrogen (secondary N) is 1. The van der Waals surface area contributed by atoms with Crippen molar-refractivity contribution in [1.82, 2.24) is 15.0 Å². The molecule has 0 saturated carbocycles.